The lowest BCUT2D eigenvalue weighted by Crippen LogP contribution is -2.33. The van der Waals surface area contributed by atoms with Gasteiger partial charge in [-0.3, -0.25) is 14.2 Å². The van der Waals surface area contributed by atoms with Crippen LogP contribution in [0, 0.1) is 5.82 Å². The summed E-state index contributed by atoms with van der Waals surface area (Å²) in [6.07, 6.45) is 1.78. The Morgan fingerprint density at radius 1 is 1.25 bits per heavy atom. The molecule has 0 aliphatic heterocycles. The Bertz CT molecular complexity index is 952. The van der Waals surface area contributed by atoms with E-state index in [0.717, 1.165) is 0 Å². The highest BCUT2D eigenvalue weighted by Crippen LogP contribution is 2.16. The normalized spacial score (nSPS) is 12.1. The number of hydrogen-bond acceptors (Lipinski definition) is 3. The van der Waals surface area contributed by atoms with Gasteiger partial charge in [0, 0.05) is 5.69 Å². The fraction of sp³-hybridized carbons (Fsp3) is 0.167. The number of amides is 1. The molecule has 1 N–H and O–H groups in total. The molecule has 1 amide bonds. The van der Waals surface area contributed by atoms with Gasteiger partial charge in [0.05, 0.1) is 17.2 Å². The lowest BCUT2D eigenvalue weighted by atomic mass is 10.1. The first kappa shape index (κ1) is 15.9. The Hall–Kier alpha value is -3.02. The Morgan fingerprint density at radius 2 is 2.04 bits per heavy atom. The van der Waals surface area contributed by atoms with E-state index in [1.807, 2.05) is 0 Å². The minimum Gasteiger partial charge on any atom is -0.324 e. The highest BCUT2D eigenvalue weighted by molar-refractivity contribution is 5.93. The molecule has 0 radical (unpaired) electrons. The number of aromatic nitrogens is 2. The number of hydrogen-bond donors (Lipinski definition) is 1. The highest BCUT2D eigenvalue weighted by Gasteiger charge is 2.21. The first-order valence-corrected chi connectivity index (χ1v) is 7.62. The van der Waals surface area contributed by atoms with Crippen LogP contribution in [0.25, 0.3) is 10.9 Å². The van der Waals surface area contributed by atoms with Crippen molar-refractivity contribution >= 4 is 22.5 Å². The molecular weight excluding hydrogens is 309 g/mol. The zero-order valence-electron chi connectivity index (χ0n) is 13.1. The quantitative estimate of drug-likeness (QED) is 0.801. The Morgan fingerprint density at radius 3 is 2.79 bits per heavy atom. The average molecular weight is 325 g/mol. The van der Waals surface area contributed by atoms with Crippen molar-refractivity contribution in [2.24, 2.45) is 0 Å². The van der Waals surface area contributed by atoms with Crippen LogP contribution in [0.3, 0.4) is 0 Å². The van der Waals surface area contributed by atoms with Gasteiger partial charge in [0.25, 0.3) is 5.56 Å². The van der Waals surface area contributed by atoms with E-state index in [4.69, 9.17) is 0 Å². The van der Waals surface area contributed by atoms with Crippen LogP contribution in [0.4, 0.5) is 10.1 Å². The predicted molar refractivity (Wildman–Crippen MR) is 90.4 cm³/mol. The smallest absolute Gasteiger partial charge is 0.261 e. The van der Waals surface area contributed by atoms with Crippen LogP contribution in [0.5, 0.6) is 0 Å². The summed E-state index contributed by atoms with van der Waals surface area (Å²) in [5, 5.41) is 3.10. The molecule has 0 saturated heterocycles. The van der Waals surface area contributed by atoms with Crippen molar-refractivity contribution in [2.45, 2.75) is 19.4 Å². The van der Waals surface area contributed by atoms with E-state index in [2.05, 4.69) is 10.3 Å². The SMILES string of the molecule is CCC(C(=O)Nc1cccc(F)c1)n1cnc2ccccc2c1=O. The maximum atomic E-state index is 13.2. The third-order valence-corrected chi connectivity index (χ3v) is 3.81. The van der Waals surface area contributed by atoms with Crippen molar-refractivity contribution in [3.63, 3.8) is 0 Å². The van der Waals surface area contributed by atoms with Crippen molar-refractivity contribution < 1.29 is 9.18 Å². The van der Waals surface area contributed by atoms with Crippen LogP contribution in [-0.2, 0) is 4.79 Å². The molecule has 1 atom stereocenters. The van der Waals surface area contributed by atoms with Gasteiger partial charge in [-0.15, -0.1) is 0 Å². The highest BCUT2D eigenvalue weighted by atomic mass is 19.1. The summed E-state index contributed by atoms with van der Waals surface area (Å²) in [7, 11) is 0. The maximum Gasteiger partial charge on any atom is 0.261 e. The lowest BCUT2D eigenvalue weighted by Gasteiger charge is -2.18. The Balaban J connectivity index is 1.95. The van der Waals surface area contributed by atoms with E-state index in [0.29, 0.717) is 23.0 Å². The van der Waals surface area contributed by atoms with E-state index in [-0.39, 0.29) is 11.5 Å². The molecule has 0 fully saturated rings. The molecule has 0 saturated carbocycles. The van der Waals surface area contributed by atoms with Gasteiger partial charge in [0.2, 0.25) is 5.91 Å². The van der Waals surface area contributed by atoms with Crippen molar-refractivity contribution in [3.05, 3.63) is 71.0 Å². The number of para-hydroxylation sites is 1. The average Bonchev–Trinajstić information content (AvgIpc) is 2.58. The fourth-order valence-electron chi connectivity index (χ4n) is 2.61. The summed E-state index contributed by atoms with van der Waals surface area (Å²) in [5.74, 6) is -0.826. The zero-order valence-corrected chi connectivity index (χ0v) is 13.1. The Labute approximate surface area is 137 Å². The zero-order chi connectivity index (χ0) is 17.1. The van der Waals surface area contributed by atoms with Crippen molar-refractivity contribution in [1.29, 1.82) is 0 Å². The third-order valence-electron chi connectivity index (χ3n) is 3.81. The predicted octanol–water partition coefficient (Wildman–Crippen LogP) is 3.13. The van der Waals surface area contributed by atoms with Gasteiger partial charge in [-0.05, 0) is 36.8 Å². The number of nitrogens with zero attached hydrogens (tertiary/aromatic N) is 2. The standard InChI is InChI=1S/C18H16FN3O2/c1-2-16(17(23)21-13-7-5-6-12(19)10-13)22-11-20-15-9-4-3-8-14(15)18(22)24/h3-11,16H,2H2,1H3,(H,21,23). The fourth-order valence-corrected chi connectivity index (χ4v) is 2.61. The van der Waals surface area contributed by atoms with Crippen LogP contribution in [0.15, 0.2) is 59.7 Å². The Kier molecular flexibility index (Phi) is 4.37. The van der Waals surface area contributed by atoms with Gasteiger partial charge in [-0.1, -0.05) is 25.1 Å². The number of fused-ring (bicyclic) bond motifs is 1. The van der Waals surface area contributed by atoms with E-state index in [1.54, 1.807) is 37.3 Å². The molecule has 122 valence electrons. The maximum absolute atomic E-state index is 13.2. The summed E-state index contributed by atoms with van der Waals surface area (Å²) >= 11 is 0. The molecule has 1 unspecified atom stereocenters. The number of anilines is 1. The van der Waals surface area contributed by atoms with Crippen LogP contribution in [-0.4, -0.2) is 15.5 Å². The number of carbonyl (C=O) groups excluding carboxylic acids is 1. The molecule has 3 aromatic rings. The number of halogens is 1. The van der Waals surface area contributed by atoms with Gasteiger partial charge >= 0.3 is 0 Å². The number of carbonyl (C=O) groups is 1. The van der Waals surface area contributed by atoms with Crippen molar-refractivity contribution in [3.8, 4) is 0 Å². The summed E-state index contributed by atoms with van der Waals surface area (Å²) in [5.41, 5.74) is 0.654. The summed E-state index contributed by atoms with van der Waals surface area (Å²) in [6.45, 7) is 1.80. The second-order valence-electron chi connectivity index (χ2n) is 5.40. The number of rotatable bonds is 4. The first-order chi connectivity index (χ1) is 11.6. The second kappa shape index (κ2) is 6.62. The molecule has 0 aliphatic rings. The molecule has 2 aromatic carbocycles. The topological polar surface area (TPSA) is 64.0 Å². The molecule has 6 heteroatoms. The number of nitrogens with one attached hydrogen (secondary N) is 1. The monoisotopic (exact) mass is 325 g/mol. The molecular formula is C18H16FN3O2. The molecule has 1 heterocycles. The van der Waals surface area contributed by atoms with E-state index < -0.39 is 11.9 Å². The molecule has 0 bridgehead atoms. The summed E-state index contributed by atoms with van der Waals surface area (Å²) in [6, 6.07) is 11.9. The number of benzene rings is 2. The third kappa shape index (κ3) is 3.03. The van der Waals surface area contributed by atoms with E-state index in [1.165, 1.54) is 29.1 Å². The lowest BCUT2D eigenvalue weighted by molar-refractivity contribution is -0.119. The molecule has 0 spiro atoms. The van der Waals surface area contributed by atoms with Crippen molar-refractivity contribution in [2.75, 3.05) is 5.32 Å². The van der Waals surface area contributed by atoms with Gasteiger partial charge in [0.1, 0.15) is 11.9 Å². The first-order valence-electron chi connectivity index (χ1n) is 7.62. The molecule has 24 heavy (non-hydrogen) atoms. The van der Waals surface area contributed by atoms with Crippen LogP contribution in [0.2, 0.25) is 0 Å². The van der Waals surface area contributed by atoms with Gasteiger partial charge < -0.3 is 5.32 Å². The van der Waals surface area contributed by atoms with Gasteiger partial charge in [-0.2, -0.15) is 0 Å². The summed E-state index contributed by atoms with van der Waals surface area (Å²) in [4.78, 5) is 29.4. The van der Waals surface area contributed by atoms with Crippen LogP contribution >= 0.6 is 0 Å². The molecule has 0 aliphatic carbocycles. The van der Waals surface area contributed by atoms with Gasteiger partial charge in [-0.25, -0.2) is 9.37 Å². The molecule has 3 rings (SSSR count). The van der Waals surface area contributed by atoms with Crippen molar-refractivity contribution in [1.82, 2.24) is 9.55 Å². The van der Waals surface area contributed by atoms with E-state index >= 15 is 0 Å². The second-order valence-corrected chi connectivity index (χ2v) is 5.40. The minimum atomic E-state index is -0.724. The van der Waals surface area contributed by atoms with Gasteiger partial charge in [0.15, 0.2) is 0 Å². The summed E-state index contributed by atoms with van der Waals surface area (Å²) < 4.78 is 14.6. The van der Waals surface area contributed by atoms with Crippen LogP contribution in [0.1, 0.15) is 19.4 Å². The molecule has 1 aromatic heterocycles. The largest absolute Gasteiger partial charge is 0.324 e. The van der Waals surface area contributed by atoms with E-state index in [9.17, 15) is 14.0 Å². The van der Waals surface area contributed by atoms with Crippen LogP contribution < -0.4 is 10.9 Å². The minimum absolute atomic E-state index is 0.276. The molecule has 5 nitrogen and oxygen atoms in total.